The Bertz CT molecular complexity index is 1290. The van der Waals surface area contributed by atoms with Crippen molar-refractivity contribution in [1.82, 2.24) is 0 Å². The van der Waals surface area contributed by atoms with Gasteiger partial charge in [-0.05, 0) is 18.2 Å². The van der Waals surface area contributed by atoms with Crippen molar-refractivity contribution in [1.29, 1.82) is 0 Å². The summed E-state index contributed by atoms with van der Waals surface area (Å²) in [7, 11) is 0. The molecule has 9 nitrogen and oxygen atoms in total. The average Bonchev–Trinajstić information content (AvgIpc) is 2.99. The molecule has 2 heterocycles. The van der Waals surface area contributed by atoms with Crippen LogP contribution in [0.3, 0.4) is 0 Å². The summed E-state index contributed by atoms with van der Waals surface area (Å²) >= 11 is 0. The van der Waals surface area contributed by atoms with Gasteiger partial charge in [-0.15, -0.1) is 0 Å². The van der Waals surface area contributed by atoms with Gasteiger partial charge in [-0.2, -0.15) is 0 Å². The van der Waals surface area contributed by atoms with Crippen LogP contribution in [0.1, 0.15) is 37.4 Å². The Morgan fingerprint density at radius 1 is 0.900 bits per heavy atom. The van der Waals surface area contributed by atoms with Gasteiger partial charge >= 0.3 is 11.9 Å². The molecule has 5 rings (SSSR count). The van der Waals surface area contributed by atoms with Crippen LogP contribution in [0.25, 0.3) is 0 Å². The first kappa shape index (κ1) is 17.7. The van der Waals surface area contributed by atoms with Crippen LogP contribution in [0.4, 0.5) is 0 Å². The van der Waals surface area contributed by atoms with Crippen LogP contribution in [-0.4, -0.2) is 37.5 Å². The molecule has 0 aliphatic carbocycles. The van der Waals surface area contributed by atoms with Crippen molar-refractivity contribution in [2.75, 3.05) is 0 Å². The van der Waals surface area contributed by atoms with Crippen molar-refractivity contribution in [2.45, 2.75) is 5.60 Å². The summed E-state index contributed by atoms with van der Waals surface area (Å²) in [5, 5.41) is 50.5. The summed E-state index contributed by atoms with van der Waals surface area (Å²) < 4.78 is 11.4. The average molecular weight is 408 g/mol. The summed E-state index contributed by atoms with van der Waals surface area (Å²) in [5.74, 6) is -5.84. The van der Waals surface area contributed by atoms with Crippen molar-refractivity contribution >= 4 is 11.9 Å². The number of hydrogen-bond acceptors (Lipinski definition) is 8. The molecule has 150 valence electrons. The largest absolute Gasteiger partial charge is 0.507 e. The van der Waals surface area contributed by atoms with E-state index in [-0.39, 0.29) is 33.8 Å². The van der Waals surface area contributed by atoms with Crippen molar-refractivity contribution < 1.29 is 44.6 Å². The van der Waals surface area contributed by atoms with Crippen LogP contribution >= 0.6 is 0 Å². The molecule has 0 bridgehead atoms. The Morgan fingerprint density at radius 2 is 1.63 bits per heavy atom. The van der Waals surface area contributed by atoms with Crippen molar-refractivity contribution in [2.24, 2.45) is 0 Å². The Kier molecular flexibility index (Phi) is 3.28. The van der Waals surface area contributed by atoms with E-state index in [1.807, 2.05) is 0 Å². The number of carboxylic acid groups (broad SMARTS) is 1. The third kappa shape index (κ3) is 1.95. The molecular weight excluding hydrogens is 396 g/mol. The molecule has 5 N–H and O–H groups in total. The summed E-state index contributed by atoms with van der Waals surface area (Å²) in [6, 6.07) is 9.64. The molecule has 2 aliphatic rings. The number of carbonyl (C=O) groups is 2. The number of hydrogen-bond donors (Lipinski definition) is 5. The minimum Gasteiger partial charge on any atom is -0.507 e. The normalized spacial score (nSPS) is 18.2. The number of carboxylic acids is 1. The van der Waals surface area contributed by atoms with Gasteiger partial charge in [-0.3, -0.25) is 0 Å². The molecule has 0 amide bonds. The Hall–Kier alpha value is -4.40. The Labute approximate surface area is 167 Å². The highest BCUT2D eigenvalue weighted by molar-refractivity contribution is 5.99. The van der Waals surface area contributed by atoms with Crippen LogP contribution in [0.2, 0.25) is 0 Å². The van der Waals surface area contributed by atoms with Gasteiger partial charge in [0, 0.05) is 17.2 Å². The lowest BCUT2D eigenvalue weighted by Crippen LogP contribution is -2.33. The smallest absolute Gasteiger partial charge is 0.343 e. The molecule has 0 saturated carbocycles. The maximum absolute atomic E-state index is 12.7. The fraction of sp³-hybridized carbons (Fsp3) is 0.0476. The number of ether oxygens (including phenoxy) is 2. The summed E-state index contributed by atoms with van der Waals surface area (Å²) in [4.78, 5) is 24.5. The molecule has 0 aromatic heterocycles. The quantitative estimate of drug-likeness (QED) is 0.302. The second-order valence-corrected chi connectivity index (χ2v) is 6.83. The van der Waals surface area contributed by atoms with Crippen molar-refractivity contribution in [3.8, 4) is 34.5 Å². The summed E-state index contributed by atoms with van der Waals surface area (Å²) in [5.41, 5.74) is -2.22. The maximum atomic E-state index is 12.7. The molecule has 2 aliphatic heterocycles. The zero-order chi connectivity index (χ0) is 21.4. The molecule has 0 saturated heterocycles. The van der Waals surface area contributed by atoms with E-state index in [1.165, 1.54) is 12.1 Å². The monoisotopic (exact) mass is 408 g/mol. The second kappa shape index (κ2) is 5.57. The van der Waals surface area contributed by atoms with E-state index in [0.717, 1.165) is 12.1 Å². The van der Waals surface area contributed by atoms with Gasteiger partial charge in [0.2, 0.25) is 5.75 Å². The van der Waals surface area contributed by atoms with Gasteiger partial charge in [-0.1, -0.05) is 18.2 Å². The fourth-order valence-electron chi connectivity index (χ4n) is 4.05. The number of phenolic OH excluding ortho intramolecular Hbond substituents is 3. The molecule has 1 unspecified atom stereocenters. The summed E-state index contributed by atoms with van der Waals surface area (Å²) in [6.07, 6.45) is 0. The summed E-state index contributed by atoms with van der Waals surface area (Å²) in [6.45, 7) is 0. The lowest BCUT2D eigenvalue weighted by molar-refractivity contribution is 0.0215. The van der Waals surface area contributed by atoms with E-state index in [2.05, 4.69) is 0 Å². The highest BCUT2D eigenvalue weighted by Crippen LogP contribution is 2.62. The predicted molar refractivity (Wildman–Crippen MR) is 98.3 cm³/mol. The topological polar surface area (TPSA) is 154 Å². The number of carbonyl (C=O) groups excluding carboxylic acids is 1. The van der Waals surface area contributed by atoms with Gasteiger partial charge in [0.15, 0.2) is 22.8 Å². The van der Waals surface area contributed by atoms with Gasteiger partial charge < -0.3 is 35.0 Å². The minimum absolute atomic E-state index is 0.0175. The zero-order valence-corrected chi connectivity index (χ0v) is 14.9. The number of aromatic carboxylic acids is 1. The minimum atomic E-state index is -1.89. The highest BCUT2D eigenvalue weighted by atomic mass is 16.6. The highest BCUT2D eigenvalue weighted by Gasteiger charge is 2.56. The van der Waals surface area contributed by atoms with Crippen LogP contribution < -0.4 is 4.74 Å². The number of phenols is 4. The third-order valence-corrected chi connectivity index (χ3v) is 5.28. The van der Waals surface area contributed by atoms with E-state index in [0.29, 0.717) is 0 Å². The van der Waals surface area contributed by atoms with Gasteiger partial charge in [0.05, 0.1) is 11.1 Å². The van der Waals surface area contributed by atoms with E-state index in [4.69, 9.17) is 9.47 Å². The number of rotatable bonds is 1. The Balaban J connectivity index is 1.99. The van der Waals surface area contributed by atoms with E-state index < -0.39 is 46.1 Å². The molecule has 30 heavy (non-hydrogen) atoms. The first-order chi connectivity index (χ1) is 14.3. The predicted octanol–water partition coefficient (Wildman–Crippen LogP) is 2.78. The van der Waals surface area contributed by atoms with Crippen LogP contribution in [-0.2, 0) is 10.3 Å². The standard InChI is InChI=1S/C21H12O9/c22-11-6-5-10-18(14(11)19(26)27)29-13-7-12(23)16(24)17(25)15(13)21(10)9-4-2-1-3-8(9)20(28)30-21/h1-7,22-25H,(H,26,27). The molecule has 1 atom stereocenters. The molecule has 0 radical (unpaired) electrons. The molecule has 1 spiro atoms. The first-order valence-corrected chi connectivity index (χ1v) is 8.66. The van der Waals surface area contributed by atoms with Gasteiger partial charge in [0.25, 0.3) is 0 Å². The molecular formula is C21H12O9. The maximum Gasteiger partial charge on any atom is 0.343 e. The van der Waals surface area contributed by atoms with Crippen molar-refractivity contribution in [3.05, 3.63) is 70.3 Å². The van der Waals surface area contributed by atoms with Crippen LogP contribution in [0, 0.1) is 0 Å². The number of aromatic hydroxyl groups is 4. The van der Waals surface area contributed by atoms with E-state index in [1.54, 1.807) is 18.2 Å². The SMILES string of the molecule is O=C1OC2(c3ccccc31)c1ccc(O)c(C(=O)O)c1Oc1cc(O)c(O)c(O)c12. The number of fused-ring (bicyclic) bond motifs is 6. The van der Waals surface area contributed by atoms with Crippen LogP contribution in [0.5, 0.6) is 34.5 Å². The van der Waals surface area contributed by atoms with E-state index in [9.17, 15) is 35.1 Å². The number of esters is 1. The van der Waals surface area contributed by atoms with Gasteiger partial charge in [0.1, 0.15) is 17.1 Å². The van der Waals surface area contributed by atoms with Gasteiger partial charge in [-0.25, -0.2) is 9.59 Å². The lowest BCUT2D eigenvalue weighted by Gasteiger charge is -2.37. The first-order valence-electron chi connectivity index (χ1n) is 8.66. The molecule has 9 heteroatoms. The molecule has 3 aromatic rings. The lowest BCUT2D eigenvalue weighted by atomic mass is 9.76. The second-order valence-electron chi connectivity index (χ2n) is 6.83. The fourth-order valence-corrected chi connectivity index (χ4v) is 4.05. The van der Waals surface area contributed by atoms with E-state index >= 15 is 0 Å². The third-order valence-electron chi connectivity index (χ3n) is 5.28. The van der Waals surface area contributed by atoms with Crippen molar-refractivity contribution in [3.63, 3.8) is 0 Å². The number of benzene rings is 3. The van der Waals surface area contributed by atoms with Crippen LogP contribution in [0.15, 0.2) is 42.5 Å². The molecule has 0 fully saturated rings. The molecule has 3 aromatic carbocycles. The Morgan fingerprint density at radius 3 is 2.37 bits per heavy atom. The zero-order valence-electron chi connectivity index (χ0n) is 14.9.